The van der Waals surface area contributed by atoms with Crippen LogP contribution in [0.2, 0.25) is 0 Å². The van der Waals surface area contributed by atoms with E-state index in [4.69, 9.17) is 4.74 Å². The maximum absolute atomic E-state index is 13.0. The van der Waals surface area contributed by atoms with Crippen LogP contribution in [0.3, 0.4) is 0 Å². The monoisotopic (exact) mass is 430 g/mol. The number of carbonyl (C=O) groups is 1. The molecule has 3 aromatic rings. The molecule has 10 heteroatoms. The molecule has 0 radical (unpaired) electrons. The number of carboxylic acid groups (broad SMARTS) is 1. The molecule has 0 fully saturated rings. The van der Waals surface area contributed by atoms with E-state index in [9.17, 15) is 23.5 Å². The highest BCUT2D eigenvalue weighted by Crippen LogP contribution is 2.39. The first-order valence-corrected chi connectivity index (χ1v) is 9.52. The summed E-state index contributed by atoms with van der Waals surface area (Å²) >= 11 is 0. The van der Waals surface area contributed by atoms with Gasteiger partial charge in [-0.3, -0.25) is 9.47 Å². The van der Waals surface area contributed by atoms with Gasteiger partial charge in [-0.25, -0.2) is 9.48 Å². The molecule has 0 saturated heterocycles. The second kappa shape index (κ2) is 7.53. The molecule has 162 valence electrons. The Morgan fingerprint density at radius 1 is 1.19 bits per heavy atom. The molecule has 0 saturated carbocycles. The average molecular weight is 430 g/mol. The molecular formula is C21H20F2N4O4. The Bertz CT molecular complexity index is 1230. The van der Waals surface area contributed by atoms with Crippen molar-refractivity contribution in [3.63, 3.8) is 0 Å². The Morgan fingerprint density at radius 3 is 2.52 bits per heavy atom. The average Bonchev–Trinajstić information content (AvgIpc) is 3.22. The van der Waals surface area contributed by atoms with Gasteiger partial charge in [-0.05, 0) is 31.5 Å². The molecule has 8 nitrogen and oxygen atoms in total. The van der Waals surface area contributed by atoms with Gasteiger partial charge in [0.25, 0.3) is 0 Å². The second-order valence-corrected chi connectivity index (χ2v) is 7.47. The van der Waals surface area contributed by atoms with Crippen LogP contribution in [0.1, 0.15) is 36.3 Å². The summed E-state index contributed by atoms with van der Waals surface area (Å²) in [5.74, 6) is -0.870. The first kappa shape index (κ1) is 20.6. The van der Waals surface area contributed by atoms with Gasteiger partial charge in [-0.15, -0.1) is 0 Å². The molecule has 0 unspecified atom stereocenters. The van der Waals surface area contributed by atoms with Crippen LogP contribution in [-0.4, -0.2) is 38.7 Å². The number of aromatic carboxylic acids is 1. The van der Waals surface area contributed by atoms with Crippen LogP contribution < -0.4 is 15.2 Å². The SMILES string of the molecule is COc1cc2c(cc1-c1cnn(C(F)F)c1)CN(C(C)C)n1cc(C(=O)O)c(=O)cc1-2. The van der Waals surface area contributed by atoms with E-state index in [0.29, 0.717) is 39.4 Å². The van der Waals surface area contributed by atoms with Crippen LogP contribution in [0.25, 0.3) is 22.4 Å². The van der Waals surface area contributed by atoms with Crippen molar-refractivity contribution in [1.29, 1.82) is 0 Å². The molecule has 0 bridgehead atoms. The number of halogens is 2. The maximum atomic E-state index is 13.0. The van der Waals surface area contributed by atoms with Crippen LogP contribution in [0.5, 0.6) is 5.75 Å². The number of ether oxygens (including phenoxy) is 1. The molecule has 0 atom stereocenters. The fraction of sp³-hybridized carbons (Fsp3) is 0.286. The lowest BCUT2D eigenvalue weighted by molar-refractivity contribution is 0.0566. The Morgan fingerprint density at radius 2 is 1.94 bits per heavy atom. The number of fused-ring (bicyclic) bond motifs is 3. The fourth-order valence-electron chi connectivity index (χ4n) is 3.75. The van der Waals surface area contributed by atoms with Gasteiger partial charge >= 0.3 is 12.5 Å². The van der Waals surface area contributed by atoms with Gasteiger partial charge < -0.3 is 14.9 Å². The lowest BCUT2D eigenvalue weighted by Gasteiger charge is -2.38. The third-order valence-corrected chi connectivity index (χ3v) is 5.28. The van der Waals surface area contributed by atoms with Crippen molar-refractivity contribution in [3.05, 3.63) is 58.1 Å². The number of carboxylic acids is 1. The smallest absolute Gasteiger partial charge is 0.341 e. The Hall–Kier alpha value is -3.69. The lowest BCUT2D eigenvalue weighted by Crippen LogP contribution is -2.44. The van der Waals surface area contributed by atoms with E-state index < -0.39 is 17.9 Å². The third kappa shape index (κ3) is 3.43. The molecule has 1 aliphatic rings. The summed E-state index contributed by atoms with van der Waals surface area (Å²) in [7, 11) is 1.46. The predicted molar refractivity (Wildman–Crippen MR) is 109 cm³/mol. The summed E-state index contributed by atoms with van der Waals surface area (Å²) in [6.45, 7) is 1.56. The molecule has 31 heavy (non-hydrogen) atoms. The number of pyridine rings is 1. The summed E-state index contributed by atoms with van der Waals surface area (Å²) in [5, 5.41) is 15.0. The molecule has 1 N–H and O–H groups in total. The Labute approximate surface area is 175 Å². The fourth-order valence-corrected chi connectivity index (χ4v) is 3.75. The standard InChI is InChI=1S/C21H20F2N4O4/c1-11(2)26-9-12-4-15(13-7-24-25(8-13)21(22)23)19(31-3)5-14(12)17-6-18(28)16(20(29)30)10-27(17)26/h4-8,10-11,21H,9H2,1-3H3,(H,29,30). The topological polar surface area (TPSA) is 89.6 Å². The van der Waals surface area contributed by atoms with Crippen LogP contribution in [0, 0.1) is 0 Å². The molecule has 1 aromatic carbocycles. The van der Waals surface area contributed by atoms with E-state index in [2.05, 4.69) is 5.10 Å². The predicted octanol–water partition coefficient (Wildman–Crippen LogP) is 3.34. The van der Waals surface area contributed by atoms with E-state index in [-0.39, 0.29) is 11.6 Å². The lowest BCUT2D eigenvalue weighted by atomic mass is 9.95. The minimum atomic E-state index is -2.75. The maximum Gasteiger partial charge on any atom is 0.341 e. The van der Waals surface area contributed by atoms with Crippen molar-refractivity contribution in [2.45, 2.75) is 33.0 Å². The number of rotatable bonds is 5. The van der Waals surface area contributed by atoms with Crippen LogP contribution >= 0.6 is 0 Å². The van der Waals surface area contributed by atoms with E-state index in [1.165, 1.54) is 31.8 Å². The second-order valence-electron chi connectivity index (χ2n) is 7.47. The zero-order valence-corrected chi connectivity index (χ0v) is 17.0. The van der Waals surface area contributed by atoms with Crippen molar-refractivity contribution in [1.82, 2.24) is 14.5 Å². The first-order valence-electron chi connectivity index (χ1n) is 9.52. The number of hydrogen-bond donors (Lipinski definition) is 1. The van der Waals surface area contributed by atoms with Gasteiger partial charge in [0, 0.05) is 41.2 Å². The number of methoxy groups -OCH3 is 1. The van der Waals surface area contributed by atoms with Gasteiger partial charge in [0.15, 0.2) is 5.43 Å². The quantitative estimate of drug-likeness (QED) is 0.668. The van der Waals surface area contributed by atoms with E-state index in [0.717, 1.165) is 5.56 Å². The molecule has 4 rings (SSSR count). The minimum Gasteiger partial charge on any atom is -0.496 e. The van der Waals surface area contributed by atoms with Gasteiger partial charge in [0.05, 0.1) is 25.5 Å². The van der Waals surface area contributed by atoms with Crippen LogP contribution in [0.15, 0.2) is 41.6 Å². The van der Waals surface area contributed by atoms with Crippen LogP contribution in [-0.2, 0) is 6.54 Å². The summed E-state index contributed by atoms with van der Waals surface area (Å²) in [6.07, 6.45) is 3.92. The highest BCUT2D eigenvalue weighted by Gasteiger charge is 2.27. The molecule has 3 heterocycles. The van der Waals surface area contributed by atoms with E-state index in [1.807, 2.05) is 24.9 Å². The van der Waals surface area contributed by atoms with Crippen molar-refractivity contribution in [3.8, 4) is 28.1 Å². The molecule has 0 amide bonds. The number of aromatic nitrogens is 3. The molecule has 0 aliphatic carbocycles. The van der Waals surface area contributed by atoms with E-state index >= 15 is 0 Å². The van der Waals surface area contributed by atoms with Gasteiger partial charge in [0.2, 0.25) is 0 Å². The van der Waals surface area contributed by atoms with Crippen molar-refractivity contribution < 1.29 is 23.4 Å². The highest BCUT2D eigenvalue weighted by atomic mass is 19.3. The third-order valence-electron chi connectivity index (χ3n) is 5.28. The minimum absolute atomic E-state index is 0.0109. The van der Waals surface area contributed by atoms with Crippen molar-refractivity contribution in [2.24, 2.45) is 0 Å². The zero-order valence-electron chi connectivity index (χ0n) is 17.0. The normalized spacial score (nSPS) is 12.8. The first-order chi connectivity index (χ1) is 14.7. The number of nitrogens with zero attached hydrogens (tertiary/aromatic N) is 4. The number of alkyl halides is 2. The number of hydrogen-bond acceptors (Lipinski definition) is 5. The Kier molecular flexibility index (Phi) is 5.00. The molecule has 1 aliphatic heterocycles. The van der Waals surface area contributed by atoms with Crippen molar-refractivity contribution in [2.75, 3.05) is 12.1 Å². The summed E-state index contributed by atoms with van der Waals surface area (Å²) < 4.78 is 33.7. The molecule has 2 aromatic heterocycles. The molecular weight excluding hydrogens is 410 g/mol. The summed E-state index contributed by atoms with van der Waals surface area (Å²) in [4.78, 5) is 23.9. The largest absolute Gasteiger partial charge is 0.496 e. The summed E-state index contributed by atoms with van der Waals surface area (Å²) in [5.41, 5.74) is 2.22. The molecule has 0 spiro atoms. The van der Waals surface area contributed by atoms with Gasteiger partial charge in [-0.2, -0.15) is 13.9 Å². The Balaban J connectivity index is 1.94. The zero-order chi connectivity index (χ0) is 22.4. The van der Waals surface area contributed by atoms with Gasteiger partial charge in [0.1, 0.15) is 11.3 Å². The van der Waals surface area contributed by atoms with E-state index in [1.54, 1.807) is 10.7 Å². The summed E-state index contributed by atoms with van der Waals surface area (Å²) in [6, 6.07) is 4.84. The van der Waals surface area contributed by atoms with Crippen LogP contribution in [0.4, 0.5) is 8.78 Å². The van der Waals surface area contributed by atoms with Gasteiger partial charge in [-0.1, -0.05) is 0 Å². The number of benzene rings is 1. The van der Waals surface area contributed by atoms with Crippen molar-refractivity contribution >= 4 is 5.97 Å². The highest BCUT2D eigenvalue weighted by molar-refractivity contribution is 5.88.